The van der Waals surface area contributed by atoms with Crippen molar-refractivity contribution >= 4 is 37.5 Å². The van der Waals surface area contributed by atoms with Crippen molar-refractivity contribution in [1.82, 2.24) is 4.31 Å². The molecule has 1 amide bonds. The van der Waals surface area contributed by atoms with E-state index in [2.05, 4.69) is 21.2 Å². The number of amides is 1. The van der Waals surface area contributed by atoms with Gasteiger partial charge in [0.15, 0.2) is 0 Å². The average molecular weight is 465 g/mol. The Kier molecular flexibility index (Phi) is 6.58. The first-order chi connectivity index (χ1) is 13.3. The maximum absolute atomic E-state index is 13.1. The number of benzene rings is 2. The zero-order chi connectivity index (χ0) is 20.3. The molecule has 28 heavy (non-hydrogen) atoms. The van der Waals surface area contributed by atoms with E-state index in [1.54, 1.807) is 24.3 Å². The first-order valence-corrected chi connectivity index (χ1v) is 11.7. The first kappa shape index (κ1) is 21.0. The number of hydrogen-bond acceptors (Lipinski definition) is 3. The number of piperidine rings is 1. The summed E-state index contributed by atoms with van der Waals surface area (Å²) in [6.07, 6.45) is 2.59. The van der Waals surface area contributed by atoms with Crippen molar-refractivity contribution in [2.45, 2.75) is 50.5 Å². The van der Waals surface area contributed by atoms with Gasteiger partial charge >= 0.3 is 0 Å². The van der Waals surface area contributed by atoms with Crippen molar-refractivity contribution in [2.24, 2.45) is 0 Å². The summed E-state index contributed by atoms with van der Waals surface area (Å²) in [7, 11) is -3.61. The Balaban J connectivity index is 1.75. The van der Waals surface area contributed by atoms with Crippen molar-refractivity contribution < 1.29 is 13.2 Å². The standard InChI is InChI=1S/C21H25BrN2O3S/c1-15-6-9-19(10-7-15)28(26,27)24-12-4-3-5-18(24)14-21(25)23-20-11-8-17(22)13-16(20)2/h6-11,13,18H,3-5,12,14H2,1-2H3,(H,23,25)/t18-/m0/s1. The normalized spacial score (nSPS) is 18.0. The molecule has 1 atom stereocenters. The minimum Gasteiger partial charge on any atom is -0.326 e. The molecule has 3 rings (SSSR count). The topological polar surface area (TPSA) is 66.5 Å². The van der Waals surface area contributed by atoms with Gasteiger partial charge in [0, 0.05) is 29.2 Å². The Hall–Kier alpha value is -1.70. The van der Waals surface area contributed by atoms with Crippen molar-refractivity contribution in [3.8, 4) is 0 Å². The fourth-order valence-corrected chi connectivity index (χ4v) is 5.69. The molecule has 0 saturated carbocycles. The molecule has 1 fully saturated rings. The third-order valence-corrected chi connectivity index (χ3v) is 7.54. The molecule has 0 aliphatic carbocycles. The van der Waals surface area contributed by atoms with Crippen molar-refractivity contribution in [3.05, 3.63) is 58.1 Å². The van der Waals surface area contributed by atoms with Crippen LogP contribution in [-0.2, 0) is 14.8 Å². The number of aryl methyl sites for hydroxylation is 2. The van der Waals surface area contributed by atoms with Crippen LogP contribution in [0.2, 0.25) is 0 Å². The summed E-state index contributed by atoms with van der Waals surface area (Å²) in [4.78, 5) is 12.9. The van der Waals surface area contributed by atoms with Gasteiger partial charge < -0.3 is 5.32 Å². The predicted molar refractivity (Wildman–Crippen MR) is 115 cm³/mol. The Morgan fingerprint density at radius 3 is 2.54 bits per heavy atom. The summed E-state index contributed by atoms with van der Waals surface area (Å²) in [6, 6.07) is 12.2. The van der Waals surface area contributed by atoms with E-state index in [9.17, 15) is 13.2 Å². The molecule has 2 aromatic rings. The second-order valence-corrected chi connectivity index (χ2v) is 10.1. The van der Waals surface area contributed by atoms with E-state index >= 15 is 0 Å². The van der Waals surface area contributed by atoms with Crippen LogP contribution in [-0.4, -0.2) is 31.2 Å². The van der Waals surface area contributed by atoms with Gasteiger partial charge in [0.2, 0.25) is 15.9 Å². The highest BCUT2D eigenvalue weighted by atomic mass is 79.9. The number of carbonyl (C=O) groups is 1. The minimum atomic E-state index is -3.61. The summed E-state index contributed by atoms with van der Waals surface area (Å²) in [5.41, 5.74) is 2.71. The van der Waals surface area contributed by atoms with Crippen LogP contribution in [0.1, 0.15) is 36.8 Å². The molecule has 0 unspecified atom stereocenters. The first-order valence-electron chi connectivity index (χ1n) is 9.42. The van der Waals surface area contributed by atoms with Crippen LogP contribution in [0.3, 0.4) is 0 Å². The second-order valence-electron chi connectivity index (χ2n) is 7.29. The van der Waals surface area contributed by atoms with Gasteiger partial charge in [0.05, 0.1) is 4.90 Å². The number of halogens is 1. The molecular formula is C21H25BrN2O3S. The van der Waals surface area contributed by atoms with E-state index in [4.69, 9.17) is 0 Å². The third-order valence-electron chi connectivity index (χ3n) is 5.08. The Labute approximate surface area is 175 Å². The quantitative estimate of drug-likeness (QED) is 0.700. The zero-order valence-corrected chi connectivity index (χ0v) is 18.5. The summed E-state index contributed by atoms with van der Waals surface area (Å²) in [6.45, 7) is 4.30. The molecule has 150 valence electrons. The van der Waals surface area contributed by atoms with Crippen LogP contribution in [0.25, 0.3) is 0 Å². The van der Waals surface area contributed by atoms with Crippen molar-refractivity contribution in [1.29, 1.82) is 0 Å². The molecule has 1 aliphatic heterocycles. The SMILES string of the molecule is Cc1ccc(S(=O)(=O)N2CCCC[C@H]2CC(=O)Nc2ccc(Br)cc2C)cc1. The molecule has 1 N–H and O–H groups in total. The predicted octanol–water partition coefficient (Wildman–Crippen LogP) is 4.64. The van der Waals surface area contributed by atoms with E-state index < -0.39 is 10.0 Å². The van der Waals surface area contributed by atoms with Gasteiger partial charge in [-0.25, -0.2) is 8.42 Å². The van der Waals surface area contributed by atoms with E-state index in [-0.39, 0.29) is 23.3 Å². The van der Waals surface area contributed by atoms with Gasteiger partial charge in [0.1, 0.15) is 0 Å². The highest BCUT2D eigenvalue weighted by molar-refractivity contribution is 9.10. The molecule has 0 spiro atoms. The molecule has 7 heteroatoms. The Bertz CT molecular complexity index is 958. The van der Waals surface area contributed by atoms with Gasteiger partial charge in [-0.3, -0.25) is 4.79 Å². The number of anilines is 1. The van der Waals surface area contributed by atoms with Crippen LogP contribution in [0.4, 0.5) is 5.69 Å². The highest BCUT2D eigenvalue weighted by Crippen LogP contribution is 2.28. The fourth-order valence-electron chi connectivity index (χ4n) is 3.52. The number of nitrogens with zero attached hydrogens (tertiary/aromatic N) is 1. The Morgan fingerprint density at radius 2 is 1.86 bits per heavy atom. The lowest BCUT2D eigenvalue weighted by Crippen LogP contribution is -2.45. The molecule has 1 heterocycles. The number of carbonyl (C=O) groups excluding carboxylic acids is 1. The average Bonchev–Trinajstić information content (AvgIpc) is 2.65. The van der Waals surface area contributed by atoms with Gasteiger partial charge in [-0.05, 0) is 62.6 Å². The highest BCUT2D eigenvalue weighted by Gasteiger charge is 2.34. The summed E-state index contributed by atoms with van der Waals surface area (Å²) in [5, 5.41) is 2.92. The molecule has 0 aromatic heterocycles. The number of nitrogens with one attached hydrogen (secondary N) is 1. The van der Waals surface area contributed by atoms with Crippen molar-refractivity contribution in [2.75, 3.05) is 11.9 Å². The number of rotatable bonds is 5. The van der Waals surface area contributed by atoms with Crippen LogP contribution >= 0.6 is 15.9 Å². The lowest BCUT2D eigenvalue weighted by Gasteiger charge is -2.34. The smallest absolute Gasteiger partial charge is 0.243 e. The molecule has 2 aromatic carbocycles. The molecule has 1 aliphatic rings. The Morgan fingerprint density at radius 1 is 1.14 bits per heavy atom. The van der Waals surface area contributed by atoms with Crippen LogP contribution in [0, 0.1) is 13.8 Å². The zero-order valence-electron chi connectivity index (χ0n) is 16.1. The lowest BCUT2D eigenvalue weighted by atomic mass is 10.0. The van der Waals surface area contributed by atoms with Gasteiger partial charge in [-0.15, -0.1) is 0 Å². The van der Waals surface area contributed by atoms with E-state index in [0.717, 1.165) is 34.1 Å². The van der Waals surface area contributed by atoms with E-state index in [0.29, 0.717) is 13.0 Å². The van der Waals surface area contributed by atoms with Crippen LogP contribution in [0.15, 0.2) is 51.8 Å². The summed E-state index contributed by atoms with van der Waals surface area (Å²) < 4.78 is 28.7. The van der Waals surface area contributed by atoms with E-state index in [1.807, 2.05) is 32.0 Å². The maximum atomic E-state index is 13.1. The number of sulfonamides is 1. The second kappa shape index (κ2) is 8.76. The van der Waals surface area contributed by atoms with Gasteiger partial charge in [0.25, 0.3) is 0 Å². The monoisotopic (exact) mass is 464 g/mol. The fraction of sp³-hybridized carbons (Fsp3) is 0.381. The largest absolute Gasteiger partial charge is 0.326 e. The number of hydrogen-bond donors (Lipinski definition) is 1. The van der Waals surface area contributed by atoms with Crippen LogP contribution in [0.5, 0.6) is 0 Å². The van der Waals surface area contributed by atoms with Crippen molar-refractivity contribution in [3.63, 3.8) is 0 Å². The molecule has 0 radical (unpaired) electrons. The van der Waals surface area contributed by atoms with Crippen LogP contribution < -0.4 is 5.32 Å². The van der Waals surface area contributed by atoms with Gasteiger partial charge in [-0.2, -0.15) is 4.31 Å². The van der Waals surface area contributed by atoms with Gasteiger partial charge in [-0.1, -0.05) is 40.0 Å². The molecule has 0 bridgehead atoms. The summed E-state index contributed by atoms with van der Waals surface area (Å²) in [5.74, 6) is -0.165. The molecule has 5 nitrogen and oxygen atoms in total. The molecule has 1 saturated heterocycles. The maximum Gasteiger partial charge on any atom is 0.243 e. The molecular weight excluding hydrogens is 440 g/mol. The van der Waals surface area contributed by atoms with E-state index in [1.165, 1.54) is 4.31 Å². The summed E-state index contributed by atoms with van der Waals surface area (Å²) >= 11 is 3.41. The lowest BCUT2D eigenvalue weighted by molar-refractivity contribution is -0.117. The third kappa shape index (κ3) is 4.82. The minimum absolute atomic E-state index is 0.153.